The molecule has 0 aliphatic rings. The zero-order valence-corrected chi connectivity index (χ0v) is 15.4. The molecule has 0 saturated heterocycles. The SMILES string of the molecule is CCOC(OCC)C(C)=CC(CC)=C(C)C(OCC)OCC. The second-order valence-electron chi connectivity index (χ2n) is 4.94. The minimum absolute atomic E-state index is 0.286. The Morgan fingerprint density at radius 2 is 1.14 bits per heavy atom. The van der Waals surface area contributed by atoms with E-state index in [1.807, 2.05) is 34.6 Å². The van der Waals surface area contributed by atoms with Crippen LogP contribution in [0.25, 0.3) is 0 Å². The van der Waals surface area contributed by atoms with Gasteiger partial charge in [0.25, 0.3) is 0 Å². The normalized spacial score (nSPS) is 14.0. The lowest BCUT2D eigenvalue weighted by Crippen LogP contribution is -2.21. The molecule has 0 spiro atoms. The van der Waals surface area contributed by atoms with Crippen molar-refractivity contribution in [3.05, 3.63) is 22.8 Å². The molecular formula is C18H34O4. The van der Waals surface area contributed by atoms with Gasteiger partial charge < -0.3 is 18.9 Å². The van der Waals surface area contributed by atoms with Crippen molar-refractivity contribution in [2.75, 3.05) is 26.4 Å². The summed E-state index contributed by atoms with van der Waals surface area (Å²) >= 11 is 0. The summed E-state index contributed by atoms with van der Waals surface area (Å²) in [6.45, 7) is 16.6. The van der Waals surface area contributed by atoms with Gasteiger partial charge in [-0.3, -0.25) is 0 Å². The van der Waals surface area contributed by atoms with Gasteiger partial charge in [0.05, 0.1) is 0 Å². The maximum atomic E-state index is 5.69. The highest BCUT2D eigenvalue weighted by molar-refractivity contribution is 5.29. The van der Waals surface area contributed by atoms with E-state index in [9.17, 15) is 0 Å². The summed E-state index contributed by atoms with van der Waals surface area (Å²) in [4.78, 5) is 0. The van der Waals surface area contributed by atoms with Crippen molar-refractivity contribution in [3.63, 3.8) is 0 Å². The van der Waals surface area contributed by atoms with Crippen LogP contribution in [-0.2, 0) is 18.9 Å². The standard InChI is InChI=1S/C18H34O4/c1-8-16(15(7)18(21-11-4)22-12-5)13-14(6)17(19-9-2)20-10-3/h13,17-18H,8-12H2,1-7H3. The fourth-order valence-corrected chi connectivity index (χ4v) is 2.20. The predicted octanol–water partition coefficient (Wildman–Crippen LogP) is 4.46. The highest BCUT2D eigenvalue weighted by atomic mass is 16.7. The number of allylic oxidation sites excluding steroid dienone is 2. The van der Waals surface area contributed by atoms with Crippen LogP contribution in [0, 0.1) is 0 Å². The lowest BCUT2D eigenvalue weighted by atomic mass is 10.0. The van der Waals surface area contributed by atoms with E-state index in [0.29, 0.717) is 26.4 Å². The van der Waals surface area contributed by atoms with E-state index in [4.69, 9.17) is 18.9 Å². The Balaban J connectivity index is 5.32. The van der Waals surface area contributed by atoms with E-state index in [0.717, 1.165) is 17.6 Å². The summed E-state index contributed by atoms with van der Waals surface area (Å²) in [5, 5.41) is 0. The van der Waals surface area contributed by atoms with E-state index < -0.39 is 0 Å². The third-order valence-corrected chi connectivity index (χ3v) is 3.29. The third-order valence-electron chi connectivity index (χ3n) is 3.29. The Bertz CT molecular complexity index is 335. The Labute approximate surface area is 136 Å². The van der Waals surface area contributed by atoms with Gasteiger partial charge >= 0.3 is 0 Å². The monoisotopic (exact) mass is 314 g/mol. The summed E-state index contributed by atoms with van der Waals surface area (Å²) in [7, 11) is 0. The smallest absolute Gasteiger partial charge is 0.180 e. The van der Waals surface area contributed by atoms with Gasteiger partial charge in [-0.05, 0) is 64.7 Å². The largest absolute Gasteiger partial charge is 0.349 e. The van der Waals surface area contributed by atoms with E-state index >= 15 is 0 Å². The maximum absolute atomic E-state index is 5.69. The minimum Gasteiger partial charge on any atom is -0.349 e. The van der Waals surface area contributed by atoms with Gasteiger partial charge in [-0.2, -0.15) is 0 Å². The van der Waals surface area contributed by atoms with Crippen molar-refractivity contribution in [2.24, 2.45) is 0 Å². The average molecular weight is 314 g/mol. The molecule has 130 valence electrons. The molecule has 0 aliphatic heterocycles. The lowest BCUT2D eigenvalue weighted by molar-refractivity contribution is -0.112. The quantitative estimate of drug-likeness (QED) is 0.394. The Morgan fingerprint density at radius 1 is 0.727 bits per heavy atom. The minimum atomic E-state index is -0.290. The molecule has 0 bridgehead atoms. The molecule has 0 radical (unpaired) electrons. The second-order valence-corrected chi connectivity index (χ2v) is 4.94. The summed E-state index contributed by atoms with van der Waals surface area (Å²) in [6, 6.07) is 0. The van der Waals surface area contributed by atoms with Crippen LogP contribution in [0.3, 0.4) is 0 Å². The van der Waals surface area contributed by atoms with Gasteiger partial charge in [0, 0.05) is 26.4 Å². The van der Waals surface area contributed by atoms with Gasteiger partial charge in [0.1, 0.15) is 0 Å². The van der Waals surface area contributed by atoms with E-state index in [-0.39, 0.29) is 12.6 Å². The average Bonchev–Trinajstić information content (AvgIpc) is 2.51. The first kappa shape index (κ1) is 21.3. The molecule has 22 heavy (non-hydrogen) atoms. The van der Waals surface area contributed by atoms with Gasteiger partial charge in [-0.1, -0.05) is 13.0 Å². The molecule has 0 amide bonds. The van der Waals surface area contributed by atoms with Crippen LogP contribution in [-0.4, -0.2) is 39.0 Å². The Kier molecular flexibility index (Phi) is 12.4. The molecule has 0 aromatic rings. The van der Waals surface area contributed by atoms with Crippen LogP contribution < -0.4 is 0 Å². The molecular weight excluding hydrogens is 280 g/mol. The molecule has 0 atom stereocenters. The van der Waals surface area contributed by atoms with Crippen molar-refractivity contribution in [2.45, 2.75) is 67.5 Å². The van der Waals surface area contributed by atoms with Crippen LogP contribution in [0.4, 0.5) is 0 Å². The molecule has 0 saturated carbocycles. The molecule has 0 N–H and O–H groups in total. The summed E-state index contributed by atoms with van der Waals surface area (Å²) in [5.41, 5.74) is 3.37. The molecule has 0 rings (SSSR count). The first-order chi connectivity index (χ1) is 10.5. The summed E-state index contributed by atoms with van der Waals surface area (Å²) in [5.74, 6) is 0. The zero-order chi connectivity index (χ0) is 17.0. The van der Waals surface area contributed by atoms with Crippen molar-refractivity contribution >= 4 is 0 Å². The zero-order valence-electron chi connectivity index (χ0n) is 15.4. The topological polar surface area (TPSA) is 36.9 Å². The molecule has 4 heteroatoms. The van der Waals surface area contributed by atoms with E-state index in [1.54, 1.807) is 0 Å². The summed E-state index contributed by atoms with van der Waals surface area (Å²) < 4.78 is 22.7. The number of rotatable bonds is 12. The van der Waals surface area contributed by atoms with Crippen LogP contribution >= 0.6 is 0 Å². The van der Waals surface area contributed by atoms with Crippen molar-refractivity contribution in [3.8, 4) is 0 Å². The van der Waals surface area contributed by atoms with Crippen molar-refractivity contribution in [1.29, 1.82) is 0 Å². The van der Waals surface area contributed by atoms with Gasteiger partial charge in [-0.25, -0.2) is 0 Å². The van der Waals surface area contributed by atoms with Crippen molar-refractivity contribution < 1.29 is 18.9 Å². The van der Waals surface area contributed by atoms with Gasteiger partial charge in [0.2, 0.25) is 0 Å². The molecule has 4 nitrogen and oxygen atoms in total. The van der Waals surface area contributed by atoms with E-state index in [2.05, 4.69) is 19.9 Å². The highest BCUT2D eigenvalue weighted by Gasteiger charge is 2.15. The number of ether oxygens (including phenoxy) is 4. The second kappa shape index (κ2) is 12.8. The van der Waals surface area contributed by atoms with Crippen LogP contribution in [0.2, 0.25) is 0 Å². The lowest BCUT2D eigenvalue weighted by Gasteiger charge is -2.22. The first-order valence-corrected chi connectivity index (χ1v) is 8.39. The number of hydrogen-bond acceptors (Lipinski definition) is 4. The van der Waals surface area contributed by atoms with Crippen LogP contribution in [0.1, 0.15) is 54.9 Å². The maximum Gasteiger partial charge on any atom is 0.180 e. The van der Waals surface area contributed by atoms with E-state index in [1.165, 1.54) is 5.57 Å². The molecule has 0 aromatic heterocycles. The van der Waals surface area contributed by atoms with Crippen molar-refractivity contribution in [1.82, 2.24) is 0 Å². The predicted molar refractivity (Wildman–Crippen MR) is 90.8 cm³/mol. The van der Waals surface area contributed by atoms with Crippen LogP contribution in [0.5, 0.6) is 0 Å². The molecule has 0 aliphatic carbocycles. The fraction of sp³-hybridized carbons (Fsp3) is 0.778. The van der Waals surface area contributed by atoms with Gasteiger partial charge in [0.15, 0.2) is 12.6 Å². The van der Waals surface area contributed by atoms with Gasteiger partial charge in [-0.15, -0.1) is 0 Å². The molecule has 0 heterocycles. The number of hydrogen-bond donors (Lipinski definition) is 0. The molecule has 0 fully saturated rings. The Hall–Kier alpha value is -0.680. The highest BCUT2D eigenvalue weighted by Crippen LogP contribution is 2.21. The molecule has 0 aromatic carbocycles. The Morgan fingerprint density at radius 3 is 1.50 bits per heavy atom. The van der Waals surface area contributed by atoms with Crippen LogP contribution in [0.15, 0.2) is 22.8 Å². The summed E-state index contributed by atoms with van der Waals surface area (Å²) in [6.07, 6.45) is 2.47. The molecule has 0 unspecified atom stereocenters. The third kappa shape index (κ3) is 7.54. The first-order valence-electron chi connectivity index (χ1n) is 8.39. The fourth-order valence-electron chi connectivity index (χ4n) is 2.20.